The zero-order valence-corrected chi connectivity index (χ0v) is 47.7. The van der Waals surface area contributed by atoms with Gasteiger partial charge in [-0.3, -0.25) is 42.9 Å². The number of fused-ring (bicyclic) bond motifs is 4. The average Bonchev–Trinajstić information content (AvgIpc) is 1.68. The zero-order chi connectivity index (χ0) is 59.4. The third-order valence-corrected chi connectivity index (χ3v) is 16.1. The van der Waals surface area contributed by atoms with E-state index in [9.17, 15) is 29.1 Å². The number of rotatable bonds is 24. The Kier molecular flexibility index (Phi) is 17.5. The number of H-pyrrole nitrogens is 1. The van der Waals surface area contributed by atoms with Crippen LogP contribution in [0.15, 0.2) is 133 Å². The van der Waals surface area contributed by atoms with Crippen molar-refractivity contribution >= 4 is 62.8 Å². The number of halogens is 1. The van der Waals surface area contributed by atoms with Crippen LogP contribution in [0, 0.1) is 17.2 Å². The minimum atomic E-state index is -3.84. The van der Waals surface area contributed by atoms with E-state index in [2.05, 4.69) is 40.5 Å². The molecule has 11 rings (SSSR count). The number of hydrogen-bond acceptors (Lipinski definition) is 20. The number of aromatic nitrogens is 8. The first kappa shape index (κ1) is 58.8. The topological polar surface area (TPSA) is 319 Å². The molecule has 3 fully saturated rings. The normalized spacial score (nSPS) is 22.6. The fourth-order valence-electron chi connectivity index (χ4n) is 10.3. The summed E-state index contributed by atoms with van der Waals surface area (Å²) in [5.74, 6) is -0.311. The number of anilines is 2. The molecule has 0 radical (unpaired) electrons. The molecule has 4 N–H and O–H groups in total. The van der Waals surface area contributed by atoms with E-state index in [1.54, 1.807) is 63.0 Å². The molecule has 4 aromatic carbocycles. The van der Waals surface area contributed by atoms with Crippen molar-refractivity contribution in [1.29, 1.82) is 5.26 Å². The van der Waals surface area contributed by atoms with Gasteiger partial charge in [-0.15, -0.1) is 0 Å². The van der Waals surface area contributed by atoms with Crippen LogP contribution in [-0.2, 0) is 52.0 Å². The summed E-state index contributed by atoms with van der Waals surface area (Å²) in [5.41, 5.74) is -1.10. The number of nitrogens with one attached hydrogen (secondary N) is 3. The number of methoxy groups -OCH3 is 2. The Labute approximate surface area is 485 Å². The number of alkyl halides is 1. The molecule has 2 bridgehead atoms. The first-order valence-corrected chi connectivity index (χ1v) is 29.0. The van der Waals surface area contributed by atoms with Crippen LogP contribution in [0.5, 0.6) is 11.5 Å². The van der Waals surface area contributed by atoms with Crippen molar-refractivity contribution in [3.63, 3.8) is 0 Å². The van der Waals surface area contributed by atoms with Crippen LogP contribution in [0.3, 0.4) is 0 Å². The van der Waals surface area contributed by atoms with Gasteiger partial charge in [0.25, 0.3) is 11.5 Å². The molecule has 3 aliphatic rings. The molecule has 0 spiro atoms. The van der Waals surface area contributed by atoms with Gasteiger partial charge in [-0.2, -0.15) is 10.2 Å². The van der Waals surface area contributed by atoms with Crippen molar-refractivity contribution in [1.82, 2.24) is 39.0 Å². The summed E-state index contributed by atoms with van der Waals surface area (Å²) in [6.07, 6.45) is -6.65. The smallest absolute Gasteiger partial charge is 0.333 e. The highest BCUT2D eigenvalue weighted by atomic mass is 31.2. The van der Waals surface area contributed by atoms with Gasteiger partial charge in [-0.1, -0.05) is 86.6 Å². The van der Waals surface area contributed by atoms with Crippen LogP contribution in [0.4, 0.5) is 16.2 Å². The molecule has 10 atom stereocenters. The average molecular weight is 1200 g/mol. The number of amides is 2. The van der Waals surface area contributed by atoms with E-state index in [4.69, 9.17) is 46.5 Å². The lowest BCUT2D eigenvalue weighted by Gasteiger charge is -2.40. The van der Waals surface area contributed by atoms with E-state index in [0.717, 1.165) is 16.5 Å². The Morgan fingerprint density at radius 1 is 0.882 bits per heavy atom. The first-order valence-electron chi connectivity index (χ1n) is 26.6. The number of benzene rings is 4. The van der Waals surface area contributed by atoms with Gasteiger partial charge in [-0.25, -0.2) is 24.3 Å². The monoisotopic (exact) mass is 1200 g/mol. The Balaban J connectivity index is 0.950. The SMILES string of the molecule is COc1ccc(C(OC[C@@]23CO[C@@H]([C@H](n4cnc5c(NC(=O)c6ccccc6)ncnc54)O2)[C@@H]3OP(OCCC#N)OC[C@H]2O[C@@H](n3cnc4c(=O)[nH]c(NC(=O)C(C)C)nc43)[C@H](O[PH](=O)O)[C@@H]2F)(c2ccccc2)c2ccc(OC)cc2)cc1. The van der Waals surface area contributed by atoms with Crippen molar-refractivity contribution < 1.29 is 70.0 Å². The molecule has 442 valence electrons. The highest BCUT2D eigenvalue weighted by Gasteiger charge is 2.65. The number of nitriles is 1. The number of imidazole rings is 2. The maximum Gasteiger partial charge on any atom is 0.333 e. The van der Waals surface area contributed by atoms with Crippen LogP contribution in [0.2, 0.25) is 0 Å². The third-order valence-electron chi connectivity index (χ3n) is 14.5. The number of hydrogen-bond donors (Lipinski definition) is 4. The molecule has 0 aliphatic carbocycles. The lowest BCUT2D eigenvalue weighted by molar-refractivity contribution is -0.202. The van der Waals surface area contributed by atoms with Gasteiger partial charge in [-0.05, 0) is 53.1 Å². The predicted octanol–water partition coefficient (Wildman–Crippen LogP) is 7.06. The van der Waals surface area contributed by atoms with Gasteiger partial charge in [0.2, 0.25) is 11.9 Å². The summed E-state index contributed by atoms with van der Waals surface area (Å²) in [6, 6.07) is 35.0. The van der Waals surface area contributed by atoms with Crippen LogP contribution in [0.1, 0.15) is 59.8 Å². The summed E-state index contributed by atoms with van der Waals surface area (Å²) in [7, 11) is -3.34. The first-order chi connectivity index (χ1) is 41.2. The predicted molar refractivity (Wildman–Crippen MR) is 301 cm³/mol. The van der Waals surface area contributed by atoms with E-state index in [0.29, 0.717) is 28.2 Å². The van der Waals surface area contributed by atoms with Gasteiger partial charge in [0.1, 0.15) is 53.4 Å². The molecule has 4 aromatic heterocycles. The molecule has 0 saturated carbocycles. The number of ether oxygens (including phenoxy) is 6. The fourth-order valence-corrected chi connectivity index (χ4v) is 12.0. The van der Waals surface area contributed by atoms with Gasteiger partial charge < -0.3 is 52.2 Å². The van der Waals surface area contributed by atoms with Crippen molar-refractivity contribution in [3.05, 3.63) is 161 Å². The fraction of sp³-hybridized carbons (Fsp3) is 0.339. The molecule has 2 unspecified atom stereocenters. The Morgan fingerprint density at radius 3 is 2.18 bits per heavy atom. The van der Waals surface area contributed by atoms with Crippen molar-refractivity contribution in [2.75, 3.05) is 51.3 Å². The van der Waals surface area contributed by atoms with Crippen LogP contribution in [0.25, 0.3) is 22.3 Å². The van der Waals surface area contributed by atoms with Gasteiger partial charge in [0.05, 0.1) is 65.8 Å². The van der Waals surface area contributed by atoms with Gasteiger partial charge >= 0.3 is 16.9 Å². The van der Waals surface area contributed by atoms with E-state index in [1.807, 2.05) is 84.9 Å². The van der Waals surface area contributed by atoms with E-state index in [1.165, 1.54) is 12.7 Å². The van der Waals surface area contributed by atoms with Crippen LogP contribution in [-0.4, -0.2) is 133 Å². The molecule has 7 heterocycles. The number of nitrogens with zero attached hydrogens (tertiary/aromatic N) is 8. The Hall–Kier alpha value is -7.96. The molecule has 3 saturated heterocycles. The van der Waals surface area contributed by atoms with Gasteiger partial charge in [0.15, 0.2) is 46.8 Å². The molecule has 26 nitrogen and oxygen atoms in total. The Bertz CT molecular complexity index is 3760. The minimum Gasteiger partial charge on any atom is -0.497 e. The molecule has 8 aromatic rings. The second-order valence-corrected chi connectivity index (χ2v) is 22.0. The lowest BCUT2D eigenvalue weighted by Crippen LogP contribution is -2.49. The maximum atomic E-state index is 16.9. The van der Waals surface area contributed by atoms with Crippen LogP contribution < -0.4 is 25.7 Å². The molecule has 3 aliphatic heterocycles. The number of carbonyl (C=O) groups excluding carboxylic acids is 2. The Morgan fingerprint density at radius 2 is 1.53 bits per heavy atom. The van der Waals surface area contributed by atoms with E-state index < -0.39 is 101 Å². The standard InChI is InChI=1S/C56H56FN11O15P2/c1-32(2)49(69)65-54-64-48-42(51(71)66-54)62-31-68(48)52-43(82-84(72)73)40(57)39(80-52)26-79-85(78-25-11-24-58)83-45-44-53(67-30-61-41-46(59-29-60-47(41)67)63-50(70)33-12-7-5-8-13-33)81-55(45,27-76-44)28-77-56(34-14-9-6-10-15-34,35-16-20-37(74-3)21-17-35)36-18-22-38(75-4)23-19-36/h5-10,12-23,29-32,39-40,43-45,52-53,84H,11,25-28H2,1-4H3,(H,72,73)(H,59,60,63,70)(H2,64,65,66,69,71)/t39-,40-,43-,44-,45+,52-,53-,55-,85?/m1/s1. The highest BCUT2D eigenvalue weighted by molar-refractivity contribution is 7.41. The molecule has 29 heteroatoms. The summed E-state index contributed by atoms with van der Waals surface area (Å²) in [4.78, 5) is 73.7. The number of aromatic amines is 1. The summed E-state index contributed by atoms with van der Waals surface area (Å²) >= 11 is 0. The molecule has 2 amide bonds. The second-order valence-electron chi connectivity index (χ2n) is 20.0. The quantitative estimate of drug-likeness (QED) is 0.0267. The zero-order valence-electron chi connectivity index (χ0n) is 45.8. The largest absolute Gasteiger partial charge is 0.497 e. The number of carbonyl (C=O) groups is 2. The second kappa shape index (κ2) is 25.3. The molecular formula is C56H56FN11O15P2. The lowest BCUT2D eigenvalue weighted by atomic mass is 9.79. The van der Waals surface area contributed by atoms with Gasteiger partial charge in [0, 0.05) is 11.5 Å². The minimum absolute atomic E-state index is 0.120. The molecule has 85 heavy (non-hydrogen) atoms. The molecular weight excluding hydrogens is 1150 g/mol. The highest BCUT2D eigenvalue weighted by Crippen LogP contribution is 2.55. The summed E-state index contributed by atoms with van der Waals surface area (Å²) in [5, 5.41) is 15.0. The van der Waals surface area contributed by atoms with E-state index >= 15 is 4.39 Å². The van der Waals surface area contributed by atoms with Crippen molar-refractivity contribution in [2.45, 2.75) is 74.5 Å². The van der Waals surface area contributed by atoms with Crippen molar-refractivity contribution in [2.24, 2.45) is 5.92 Å². The summed E-state index contributed by atoms with van der Waals surface area (Å²) in [6.45, 7) is 2.01. The summed E-state index contributed by atoms with van der Waals surface area (Å²) < 4.78 is 95.3. The van der Waals surface area contributed by atoms with Crippen LogP contribution >= 0.6 is 16.9 Å². The van der Waals surface area contributed by atoms with E-state index in [-0.39, 0.29) is 60.3 Å². The van der Waals surface area contributed by atoms with Crippen molar-refractivity contribution in [3.8, 4) is 17.6 Å². The maximum absolute atomic E-state index is 16.9. The third kappa shape index (κ3) is 11.8.